The first-order valence-corrected chi connectivity index (χ1v) is 7.90. The van der Waals surface area contributed by atoms with E-state index in [4.69, 9.17) is 5.73 Å². The van der Waals surface area contributed by atoms with Gasteiger partial charge in [0.15, 0.2) is 0 Å². The van der Waals surface area contributed by atoms with Crippen molar-refractivity contribution in [2.24, 2.45) is 11.7 Å². The van der Waals surface area contributed by atoms with Crippen molar-refractivity contribution in [2.45, 2.75) is 39.3 Å². The number of benzene rings is 1. The highest BCUT2D eigenvalue weighted by molar-refractivity contribution is 5.94. The van der Waals surface area contributed by atoms with Gasteiger partial charge >= 0.3 is 0 Å². The summed E-state index contributed by atoms with van der Waals surface area (Å²) in [7, 11) is 0. The number of rotatable bonds is 6. The molecule has 0 bridgehead atoms. The second-order valence-electron chi connectivity index (χ2n) is 6.26. The average Bonchev–Trinajstić information content (AvgIpc) is 2.48. The molecular weight excluding hydrogens is 262 g/mol. The molecule has 1 aliphatic rings. The molecule has 0 spiro atoms. The lowest BCUT2D eigenvalue weighted by Crippen LogP contribution is -2.41. The van der Waals surface area contributed by atoms with Crippen LogP contribution in [-0.2, 0) is 6.54 Å². The summed E-state index contributed by atoms with van der Waals surface area (Å²) in [5.74, 6) is 0.357. The van der Waals surface area contributed by atoms with Gasteiger partial charge in [-0.15, -0.1) is 0 Å². The minimum Gasteiger partial charge on any atom is -0.366 e. The van der Waals surface area contributed by atoms with Crippen molar-refractivity contribution in [3.63, 3.8) is 0 Å². The quantitative estimate of drug-likeness (QED) is 0.842. The van der Waals surface area contributed by atoms with E-state index in [2.05, 4.69) is 24.1 Å². The SMILES string of the molecule is CC(C)N(Cc1ccccc1C(N)=O)CC1CCCNC1. The van der Waals surface area contributed by atoms with Crippen LogP contribution in [0.3, 0.4) is 0 Å². The van der Waals surface area contributed by atoms with Crippen molar-refractivity contribution >= 4 is 5.91 Å². The lowest BCUT2D eigenvalue weighted by Gasteiger charge is -2.33. The third-order valence-electron chi connectivity index (χ3n) is 4.28. The first-order valence-electron chi connectivity index (χ1n) is 7.90. The van der Waals surface area contributed by atoms with E-state index >= 15 is 0 Å². The van der Waals surface area contributed by atoms with Crippen LogP contribution in [0.25, 0.3) is 0 Å². The summed E-state index contributed by atoms with van der Waals surface area (Å²) in [6.07, 6.45) is 2.54. The van der Waals surface area contributed by atoms with Gasteiger partial charge in [-0.3, -0.25) is 9.69 Å². The van der Waals surface area contributed by atoms with Crippen LogP contribution in [0.2, 0.25) is 0 Å². The van der Waals surface area contributed by atoms with Gasteiger partial charge < -0.3 is 11.1 Å². The molecule has 1 amide bonds. The summed E-state index contributed by atoms with van der Waals surface area (Å²) in [6, 6.07) is 8.12. The summed E-state index contributed by atoms with van der Waals surface area (Å²) in [5.41, 5.74) is 7.16. The van der Waals surface area contributed by atoms with E-state index in [1.165, 1.54) is 12.8 Å². The summed E-state index contributed by atoms with van der Waals surface area (Å²) in [5, 5.41) is 3.47. The molecule has 4 heteroatoms. The molecule has 0 radical (unpaired) electrons. The summed E-state index contributed by atoms with van der Waals surface area (Å²) >= 11 is 0. The molecule has 116 valence electrons. The largest absolute Gasteiger partial charge is 0.366 e. The zero-order valence-corrected chi connectivity index (χ0v) is 13.1. The fourth-order valence-electron chi connectivity index (χ4n) is 2.99. The average molecular weight is 289 g/mol. The molecule has 4 nitrogen and oxygen atoms in total. The number of nitrogens with zero attached hydrogens (tertiary/aromatic N) is 1. The molecule has 1 heterocycles. The number of amides is 1. The van der Waals surface area contributed by atoms with E-state index < -0.39 is 0 Å². The zero-order valence-electron chi connectivity index (χ0n) is 13.1. The second kappa shape index (κ2) is 7.57. The highest BCUT2D eigenvalue weighted by atomic mass is 16.1. The molecule has 1 atom stereocenters. The molecule has 0 saturated carbocycles. The Labute approximate surface area is 127 Å². The Morgan fingerprint density at radius 2 is 2.19 bits per heavy atom. The van der Waals surface area contributed by atoms with E-state index in [1.54, 1.807) is 0 Å². The topological polar surface area (TPSA) is 58.4 Å². The van der Waals surface area contributed by atoms with Gasteiger partial charge in [-0.1, -0.05) is 18.2 Å². The zero-order chi connectivity index (χ0) is 15.2. The van der Waals surface area contributed by atoms with Gasteiger partial charge in [-0.05, 0) is 57.3 Å². The first kappa shape index (κ1) is 16.0. The van der Waals surface area contributed by atoms with Gasteiger partial charge in [0.25, 0.3) is 0 Å². The Hall–Kier alpha value is -1.39. The fourth-order valence-corrected chi connectivity index (χ4v) is 2.99. The highest BCUT2D eigenvalue weighted by Gasteiger charge is 2.20. The number of piperidine rings is 1. The van der Waals surface area contributed by atoms with Gasteiger partial charge in [0.2, 0.25) is 5.91 Å². The number of carbonyl (C=O) groups is 1. The van der Waals surface area contributed by atoms with Crippen LogP contribution in [0.15, 0.2) is 24.3 Å². The minimum atomic E-state index is -0.339. The maximum atomic E-state index is 11.6. The molecule has 0 aliphatic carbocycles. The molecular formula is C17H27N3O. The molecule has 1 fully saturated rings. The van der Waals surface area contributed by atoms with Crippen LogP contribution in [-0.4, -0.2) is 36.5 Å². The summed E-state index contributed by atoms with van der Waals surface area (Å²) in [6.45, 7) is 8.51. The van der Waals surface area contributed by atoms with Crippen LogP contribution in [0.1, 0.15) is 42.6 Å². The normalized spacial score (nSPS) is 19.1. The van der Waals surface area contributed by atoms with Crippen LogP contribution in [0.4, 0.5) is 0 Å². The van der Waals surface area contributed by atoms with Crippen molar-refractivity contribution < 1.29 is 4.79 Å². The number of carbonyl (C=O) groups excluding carboxylic acids is 1. The van der Waals surface area contributed by atoms with Crippen molar-refractivity contribution in [3.8, 4) is 0 Å². The molecule has 0 aromatic heterocycles. The first-order chi connectivity index (χ1) is 10.1. The maximum Gasteiger partial charge on any atom is 0.249 e. The Kier molecular flexibility index (Phi) is 5.76. The third-order valence-corrected chi connectivity index (χ3v) is 4.28. The van der Waals surface area contributed by atoms with Crippen LogP contribution < -0.4 is 11.1 Å². The molecule has 2 rings (SSSR count). The Balaban J connectivity index is 2.07. The van der Waals surface area contributed by atoms with Crippen LogP contribution in [0.5, 0.6) is 0 Å². The number of hydrogen-bond donors (Lipinski definition) is 2. The predicted molar refractivity (Wildman–Crippen MR) is 86.1 cm³/mol. The van der Waals surface area contributed by atoms with Gasteiger partial charge in [0, 0.05) is 24.7 Å². The number of nitrogens with two attached hydrogens (primary N) is 1. The van der Waals surface area contributed by atoms with E-state index in [-0.39, 0.29) is 5.91 Å². The molecule has 21 heavy (non-hydrogen) atoms. The molecule has 1 aromatic rings. The molecule has 3 N–H and O–H groups in total. The van der Waals surface area contributed by atoms with Crippen LogP contribution in [0, 0.1) is 5.92 Å². The van der Waals surface area contributed by atoms with Crippen molar-refractivity contribution in [1.82, 2.24) is 10.2 Å². The van der Waals surface area contributed by atoms with E-state index in [0.717, 1.165) is 31.7 Å². The van der Waals surface area contributed by atoms with E-state index in [1.807, 2.05) is 24.3 Å². The van der Waals surface area contributed by atoms with E-state index in [9.17, 15) is 4.79 Å². The molecule has 1 saturated heterocycles. The van der Waals surface area contributed by atoms with Gasteiger partial charge in [0.05, 0.1) is 0 Å². The summed E-state index contributed by atoms with van der Waals surface area (Å²) < 4.78 is 0. The van der Waals surface area contributed by atoms with Gasteiger partial charge in [-0.25, -0.2) is 0 Å². The lowest BCUT2D eigenvalue weighted by molar-refractivity contribution is 0.0996. The van der Waals surface area contributed by atoms with Crippen molar-refractivity contribution in [2.75, 3.05) is 19.6 Å². The molecule has 1 unspecified atom stereocenters. The number of hydrogen-bond acceptors (Lipinski definition) is 3. The standard InChI is InChI=1S/C17H27N3O/c1-13(2)20(11-14-6-5-9-19-10-14)12-15-7-3-4-8-16(15)17(18)21/h3-4,7-8,13-14,19H,5-6,9-12H2,1-2H3,(H2,18,21). The third kappa shape index (κ3) is 4.55. The van der Waals surface area contributed by atoms with Crippen molar-refractivity contribution in [1.29, 1.82) is 0 Å². The monoisotopic (exact) mass is 289 g/mol. The number of nitrogens with one attached hydrogen (secondary N) is 1. The van der Waals surface area contributed by atoms with Gasteiger partial charge in [0.1, 0.15) is 0 Å². The molecule has 1 aliphatic heterocycles. The predicted octanol–water partition coefficient (Wildman–Crippen LogP) is 2.00. The summed E-state index contributed by atoms with van der Waals surface area (Å²) in [4.78, 5) is 14.0. The van der Waals surface area contributed by atoms with E-state index in [0.29, 0.717) is 17.5 Å². The smallest absolute Gasteiger partial charge is 0.249 e. The second-order valence-corrected chi connectivity index (χ2v) is 6.26. The Morgan fingerprint density at radius 1 is 1.43 bits per heavy atom. The molecule has 1 aromatic carbocycles. The maximum absolute atomic E-state index is 11.6. The fraction of sp³-hybridized carbons (Fsp3) is 0.588. The minimum absolute atomic E-state index is 0.339. The lowest BCUT2D eigenvalue weighted by atomic mass is 9.97. The van der Waals surface area contributed by atoms with Crippen LogP contribution >= 0.6 is 0 Å². The number of primary amides is 1. The Bertz CT molecular complexity index is 467. The van der Waals surface area contributed by atoms with Gasteiger partial charge in [-0.2, -0.15) is 0 Å². The van der Waals surface area contributed by atoms with Crippen molar-refractivity contribution in [3.05, 3.63) is 35.4 Å². The Morgan fingerprint density at radius 3 is 2.81 bits per heavy atom. The highest BCUT2D eigenvalue weighted by Crippen LogP contribution is 2.18.